The van der Waals surface area contributed by atoms with E-state index in [4.69, 9.17) is 18.7 Å². The molecule has 6 nitrogen and oxygen atoms in total. The summed E-state index contributed by atoms with van der Waals surface area (Å²) in [5, 5.41) is 4.03. The van der Waals surface area contributed by atoms with E-state index in [1.54, 1.807) is 13.2 Å². The molecule has 0 N–H and O–H groups in total. The van der Waals surface area contributed by atoms with Crippen molar-refractivity contribution in [1.82, 2.24) is 5.16 Å². The maximum atomic E-state index is 12.2. The summed E-state index contributed by atoms with van der Waals surface area (Å²) in [5.74, 6) is 1.46. The number of benzene rings is 2. The van der Waals surface area contributed by atoms with Gasteiger partial charge in [0.2, 0.25) is 0 Å². The lowest BCUT2D eigenvalue weighted by molar-refractivity contribution is -0.153. The summed E-state index contributed by atoms with van der Waals surface area (Å²) >= 11 is 0. The van der Waals surface area contributed by atoms with Gasteiger partial charge in [-0.3, -0.25) is 0 Å². The van der Waals surface area contributed by atoms with Crippen molar-refractivity contribution in [3.05, 3.63) is 65.9 Å². The number of carbonyl (C=O) groups excluding carboxylic acids is 1. The third-order valence-electron chi connectivity index (χ3n) is 4.21. The van der Waals surface area contributed by atoms with Gasteiger partial charge in [0.1, 0.15) is 17.2 Å². The van der Waals surface area contributed by atoms with Gasteiger partial charge in [-0.15, -0.1) is 0 Å². The van der Waals surface area contributed by atoms with Gasteiger partial charge >= 0.3 is 5.97 Å². The fourth-order valence-electron chi connectivity index (χ4n) is 2.91. The van der Waals surface area contributed by atoms with Crippen LogP contribution in [0.2, 0.25) is 0 Å². The molecule has 0 fully saturated rings. The van der Waals surface area contributed by atoms with Gasteiger partial charge in [-0.05, 0) is 23.8 Å². The molecule has 4 rings (SSSR count). The fourth-order valence-corrected chi connectivity index (χ4v) is 2.91. The highest BCUT2D eigenvalue weighted by molar-refractivity contribution is 5.77. The third kappa shape index (κ3) is 3.13. The number of hydrogen-bond acceptors (Lipinski definition) is 6. The smallest absolute Gasteiger partial charge is 0.348 e. The number of rotatable bonds is 5. The van der Waals surface area contributed by atoms with E-state index in [0.29, 0.717) is 23.6 Å². The van der Waals surface area contributed by atoms with Gasteiger partial charge in [-0.2, -0.15) is 0 Å². The molecule has 0 saturated carbocycles. The summed E-state index contributed by atoms with van der Waals surface area (Å²) in [7, 11) is 1.60. The quantitative estimate of drug-likeness (QED) is 0.656. The molecular formula is C20H17NO5. The lowest BCUT2D eigenvalue weighted by atomic mass is 10.1. The molecular weight excluding hydrogens is 334 g/mol. The number of fused-ring (bicyclic) bond motifs is 1. The Labute approximate surface area is 150 Å². The third-order valence-corrected chi connectivity index (χ3v) is 4.21. The minimum atomic E-state index is -0.621. The van der Waals surface area contributed by atoms with Gasteiger partial charge < -0.3 is 18.7 Å². The molecule has 2 aromatic carbocycles. The maximum absolute atomic E-state index is 12.2. The van der Waals surface area contributed by atoms with E-state index in [1.807, 2.05) is 48.5 Å². The van der Waals surface area contributed by atoms with Gasteiger partial charge in [0, 0.05) is 18.1 Å². The van der Waals surface area contributed by atoms with Crippen LogP contribution < -0.4 is 9.47 Å². The van der Waals surface area contributed by atoms with Crippen molar-refractivity contribution in [2.24, 2.45) is 0 Å². The van der Waals surface area contributed by atoms with Gasteiger partial charge in [-0.25, -0.2) is 4.79 Å². The second-order valence-electron chi connectivity index (χ2n) is 5.90. The van der Waals surface area contributed by atoms with E-state index in [-0.39, 0.29) is 6.61 Å². The molecule has 0 spiro atoms. The van der Waals surface area contributed by atoms with E-state index in [0.717, 1.165) is 16.9 Å². The lowest BCUT2D eigenvalue weighted by Gasteiger charge is -2.09. The number of hydrogen-bond donors (Lipinski definition) is 0. The monoisotopic (exact) mass is 351 g/mol. The van der Waals surface area contributed by atoms with Crippen LogP contribution >= 0.6 is 0 Å². The lowest BCUT2D eigenvalue weighted by Crippen LogP contribution is -2.27. The first-order valence-corrected chi connectivity index (χ1v) is 8.25. The zero-order valence-corrected chi connectivity index (χ0v) is 14.2. The average Bonchev–Trinajstić information content (AvgIpc) is 3.33. The predicted molar refractivity (Wildman–Crippen MR) is 92.8 cm³/mol. The molecule has 2 heterocycles. The van der Waals surface area contributed by atoms with Crippen molar-refractivity contribution >= 4 is 5.97 Å². The summed E-state index contributed by atoms with van der Waals surface area (Å²) in [6, 6.07) is 16.8. The summed E-state index contributed by atoms with van der Waals surface area (Å²) in [6.07, 6.45) is -0.110. The van der Waals surface area contributed by atoms with E-state index in [9.17, 15) is 4.79 Å². The molecule has 26 heavy (non-hydrogen) atoms. The van der Waals surface area contributed by atoms with Crippen LogP contribution in [0.1, 0.15) is 11.3 Å². The highest BCUT2D eigenvalue weighted by Gasteiger charge is 2.30. The molecule has 1 aromatic heterocycles. The van der Waals surface area contributed by atoms with Crippen molar-refractivity contribution in [3.8, 4) is 22.8 Å². The topological polar surface area (TPSA) is 70.8 Å². The molecule has 132 valence electrons. The van der Waals surface area contributed by atoms with Crippen molar-refractivity contribution in [1.29, 1.82) is 0 Å². The summed E-state index contributed by atoms with van der Waals surface area (Å²) in [5.41, 5.74) is 2.44. The van der Waals surface area contributed by atoms with Gasteiger partial charge in [-0.1, -0.05) is 35.5 Å². The molecule has 6 heteroatoms. The van der Waals surface area contributed by atoms with Crippen LogP contribution in [0.25, 0.3) is 11.3 Å². The average molecular weight is 351 g/mol. The van der Waals surface area contributed by atoms with E-state index in [2.05, 4.69) is 5.16 Å². The Bertz CT molecular complexity index is 908. The molecule has 0 bridgehead atoms. The number of aromatic nitrogens is 1. The molecule has 1 aliphatic rings. The summed E-state index contributed by atoms with van der Waals surface area (Å²) < 4.78 is 21.5. The first-order valence-electron chi connectivity index (χ1n) is 8.25. The van der Waals surface area contributed by atoms with Crippen molar-refractivity contribution in [2.75, 3.05) is 7.11 Å². The normalized spacial score (nSPS) is 15.2. The van der Waals surface area contributed by atoms with Crippen LogP contribution in [0.5, 0.6) is 11.5 Å². The molecule has 0 radical (unpaired) electrons. The zero-order chi connectivity index (χ0) is 17.9. The van der Waals surface area contributed by atoms with Gasteiger partial charge in [0.15, 0.2) is 18.5 Å². The molecule has 3 aromatic rings. The van der Waals surface area contributed by atoms with Crippen molar-refractivity contribution in [3.63, 3.8) is 0 Å². The Kier molecular flexibility index (Phi) is 4.31. The van der Waals surface area contributed by atoms with Crippen LogP contribution in [0.3, 0.4) is 0 Å². The molecule has 1 aliphatic heterocycles. The van der Waals surface area contributed by atoms with Crippen molar-refractivity contribution < 1.29 is 23.5 Å². The first kappa shape index (κ1) is 16.2. The van der Waals surface area contributed by atoms with Crippen LogP contribution in [-0.2, 0) is 22.6 Å². The number of methoxy groups -OCH3 is 1. The predicted octanol–water partition coefficient (Wildman–Crippen LogP) is 3.40. The zero-order valence-electron chi connectivity index (χ0n) is 14.2. The van der Waals surface area contributed by atoms with Crippen molar-refractivity contribution in [2.45, 2.75) is 19.1 Å². The van der Waals surface area contributed by atoms with Crippen LogP contribution in [0.15, 0.2) is 59.1 Å². The Balaban J connectivity index is 1.39. The van der Waals surface area contributed by atoms with Gasteiger partial charge in [0.05, 0.1) is 7.11 Å². The second kappa shape index (κ2) is 6.92. The molecule has 0 saturated heterocycles. The Morgan fingerprint density at radius 2 is 2.00 bits per heavy atom. The van der Waals surface area contributed by atoms with Gasteiger partial charge in [0.25, 0.3) is 0 Å². The summed E-state index contributed by atoms with van der Waals surface area (Å²) in [6.45, 7) is -0.00279. The molecule has 0 amide bonds. The minimum Gasteiger partial charge on any atom is -0.496 e. The van der Waals surface area contributed by atoms with Crippen LogP contribution in [-0.4, -0.2) is 24.3 Å². The number of esters is 1. The number of para-hydroxylation sites is 2. The maximum Gasteiger partial charge on any atom is 0.348 e. The highest BCUT2D eigenvalue weighted by Crippen LogP contribution is 2.30. The Hall–Kier alpha value is -3.28. The number of nitrogens with zero attached hydrogens (tertiary/aromatic N) is 1. The number of ether oxygens (including phenoxy) is 3. The molecule has 0 aliphatic carbocycles. The van der Waals surface area contributed by atoms with E-state index < -0.39 is 12.1 Å². The van der Waals surface area contributed by atoms with Crippen LogP contribution in [0, 0.1) is 0 Å². The molecule has 1 unspecified atom stereocenters. The van der Waals surface area contributed by atoms with E-state index >= 15 is 0 Å². The standard InChI is InChI=1S/C20H17NO5/c1-23-18-9-5-3-7-15(18)16-11-14(26-21-16)12-24-20(22)19-10-13-6-2-4-8-17(13)25-19/h2-9,11,19H,10,12H2,1H3. The first-order chi connectivity index (χ1) is 12.7. The number of carbonyl (C=O) groups is 1. The largest absolute Gasteiger partial charge is 0.496 e. The second-order valence-corrected chi connectivity index (χ2v) is 5.90. The minimum absolute atomic E-state index is 0.00279. The van der Waals surface area contributed by atoms with Crippen LogP contribution in [0.4, 0.5) is 0 Å². The Morgan fingerprint density at radius 1 is 1.19 bits per heavy atom. The SMILES string of the molecule is COc1ccccc1-c1cc(COC(=O)C2Cc3ccccc3O2)on1. The van der Waals surface area contributed by atoms with E-state index in [1.165, 1.54) is 0 Å². The fraction of sp³-hybridized carbons (Fsp3) is 0.200. The highest BCUT2D eigenvalue weighted by atomic mass is 16.6. The molecule has 1 atom stereocenters. The summed E-state index contributed by atoms with van der Waals surface area (Å²) in [4.78, 5) is 12.2. The Morgan fingerprint density at radius 3 is 2.85 bits per heavy atom.